The highest BCUT2D eigenvalue weighted by atomic mass is 32.1. The van der Waals surface area contributed by atoms with Crippen LogP contribution in [0.3, 0.4) is 0 Å². The lowest BCUT2D eigenvalue weighted by Gasteiger charge is -2.40. The number of aliphatic hydroxyl groups is 3. The zero-order valence-electron chi connectivity index (χ0n) is 32.4. The largest absolute Gasteiger partial charge is 0.462 e. The van der Waals surface area contributed by atoms with Gasteiger partial charge in [0, 0.05) is 31.3 Å². The number of aryl methyl sites for hydroxylation is 1. The number of aliphatic hydroxyl groups excluding tert-OH is 3. The number of hydroxylamine groups is 2. The number of nitrogens with one attached hydrogen (secondary N) is 2. The van der Waals surface area contributed by atoms with Crippen molar-refractivity contribution in [3.05, 3.63) is 36.2 Å². The molecule has 2 aliphatic heterocycles. The second-order valence-electron chi connectivity index (χ2n) is 13.4. The third kappa shape index (κ3) is 17.8. The van der Waals surface area contributed by atoms with Crippen molar-refractivity contribution >= 4 is 48.4 Å². The molecular weight excluding hydrogens is 823 g/mol. The second-order valence-corrected chi connectivity index (χ2v) is 15.6. The molecule has 3 heterocycles. The van der Waals surface area contributed by atoms with Crippen LogP contribution in [0.2, 0.25) is 0 Å². The molecule has 2 fully saturated rings. The Morgan fingerprint density at radius 3 is 2.15 bits per heavy atom. The molecule has 2 aliphatic rings. The number of hydrogen-bond donors (Lipinski definition) is 7. The maximum Gasteiger partial charge on any atom is 0.335 e. The smallest absolute Gasteiger partial charge is 0.335 e. The highest BCUT2D eigenvalue weighted by Gasteiger charge is 2.45. The quantitative estimate of drug-likeness (QED) is 0.0255. The van der Waals surface area contributed by atoms with Crippen LogP contribution in [0.4, 0.5) is 5.69 Å². The fourth-order valence-electron chi connectivity index (χ4n) is 5.55. The molecule has 2 aromatic rings. The van der Waals surface area contributed by atoms with Gasteiger partial charge in [-0.25, -0.2) is 9.48 Å². The van der Waals surface area contributed by atoms with Gasteiger partial charge in [0.05, 0.1) is 83.8 Å². The Bertz CT molecular complexity index is 1650. The number of anilines is 1. The maximum absolute atomic E-state index is 11.7. The highest BCUT2D eigenvalue weighted by Crippen LogP contribution is 2.37. The molecule has 0 radical (unpaired) electrons. The Labute approximate surface area is 345 Å². The van der Waals surface area contributed by atoms with Crippen molar-refractivity contribution in [3.63, 3.8) is 0 Å². The van der Waals surface area contributed by atoms with Crippen molar-refractivity contribution in [2.45, 2.75) is 82.2 Å². The average Bonchev–Trinajstić information content (AvgIpc) is 3.79. The van der Waals surface area contributed by atoms with Crippen molar-refractivity contribution in [3.8, 4) is 5.75 Å². The Kier molecular flexibility index (Phi) is 20.4. The van der Waals surface area contributed by atoms with Crippen LogP contribution in [0, 0.1) is 0 Å². The lowest BCUT2D eigenvalue weighted by Crippen LogP contribution is -2.59. The number of nitrogens with zero attached hydrogens (tertiary/aromatic N) is 4. The van der Waals surface area contributed by atoms with Crippen LogP contribution in [0.25, 0.3) is 0 Å². The molecule has 0 unspecified atom stereocenters. The summed E-state index contributed by atoms with van der Waals surface area (Å²) in [5, 5.41) is 46.2. The van der Waals surface area contributed by atoms with Gasteiger partial charge in [0.2, 0.25) is 6.29 Å². The number of carbonyl (C=O) groups excluding carboxylic acids is 3. The van der Waals surface area contributed by atoms with Crippen LogP contribution < -0.4 is 15.4 Å². The number of rotatable bonds is 27. The Balaban J connectivity index is 0.950. The van der Waals surface area contributed by atoms with Crippen LogP contribution in [0.1, 0.15) is 44.2 Å². The van der Waals surface area contributed by atoms with E-state index in [4.69, 9.17) is 55.3 Å². The number of ether oxygens (including phenoxy) is 6. The highest BCUT2D eigenvalue weighted by molar-refractivity contribution is 7.80. The molecular formula is C35H53N6O16PS. The summed E-state index contributed by atoms with van der Waals surface area (Å²) in [5.41, 5.74) is 1.52. The Morgan fingerprint density at radius 1 is 0.881 bits per heavy atom. The van der Waals surface area contributed by atoms with E-state index < -0.39 is 62.2 Å². The van der Waals surface area contributed by atoms with Crippen LogP contribution in [-0.4, -0.2) is 164 Å². The van der Waals surface area contributed by atoms with E-state index >= 15 is 0 Å². The number of carbonyl (C=O) groups is 3. The summed E-state index contributed by atoms with van der Waals surface area (Å²) >= 11 is 5.39. The van der Waals surface area contributed by atoms with Gasteiger partial charge in [-0.05, 0) is 62.2 Å². The first-order valence-corrected chi connectivity index (χ1v) is 21.3. The number of unbranched alkanes of at least 4 members (excludes halogenated alkanes) is 1. The van der Waals surface area contributed by atoms with Gasteiger partial charge in [-0.2, -0.15) is 0 Å². The first-order valence-electron chi connectivity index (χ1n) is 19.1. The summed E-state index contributed by atoms with van der Waals surface area (Å²) in [6.45, 7) is 3.81. The molecule has 330 valence electrons. The summed E-state index contributed by atoms with van der Waals surface area (Å²) in [5.74, 6) is -1.49. The fraction of sp³-hybridized carbons (Fsp3) is 0.657. The minimum Gasteiger partial charge on any atom is -0.462 e. The number of aromatic nitrogens is 3. The van der Waals surface area contributed by atoms with E-state index in [0.717, 1.165) is 25.0 Å². The maximum atomic E-state index is 11.7. The molecule has 1 aromatic heterocycles. The van der Waals surface area contributed by atoms with Crippen LogP contribution in [0.15, 0.2) is 30.5 Å². The molecule has 0 aliphatic carbocycles. The lowest BCUT2D eigenvalue weighted by atomic mass is 9.97. The lowest BCUT2D eigenvalue weighted by molar-refractivity contribution is -0.272. The summed E-state index contributed by atoms with van der Waals surface area (Å²) in [6.07, 6.45) is -3.81. The summed E-state index contributed by atoms with van der Waals surface area (Å²) < 4.78 is 45.9. The minimum absolute atomic E-state index is 0.0429. The first-order chi connectivity index (χ1) is 28.3. The molecule has 7 N–H and O–H groups in total. The standard InChI is InChI=1S/C35H53N6O16PS/c42-28-8-9-29(43)41(28)57-30(44)10-14-51-16-18-53-20-21-54-19-17-52-15-13-40-23-25(38-39-40)3-1-2-12-36-35(59)37-24-4-6-26(7-5-24)55-34-33(47)32(46)31(45)27(56-34)11-22-58(48,49)50/h4-7,23,27,31-34,45-47H,1-3,8-22H2,(H2,36,37,59)(H2,48,49,50)/t27-,31-,32+,33+,34+/m1/s1. The molecule has 2 amide bonds. The van der Waals surface area contributed by atoms with Crippen molar-refractivity contribution in [1.82, 2.24) is 25.4 Å². The number of imide groups is 1. The molecule has 2 saturated heterocycles. The molecule has 4 rings (SSSR count). The predicted molar refractivity (Wildman–Crippen MR) is 208 cm³/mol. The van der Waals surface area contributed by atoms with Gasteiger partial charge in [-0.15, -0.1) is 10.2 Å². The van der Waals surface area contributed by atoms with Gasteiger partial charge in [0.15, 0.2) is 5.11 Å². The van der Waals surface area contributed by atoms with Gasteiger partial charge >= 0.3 is 13.6 Å². The summed E-state index contributed by atoms with van der Waals surface area (Å²) in [4.78, 5) is 57.6. The zero-order chi connectivity index (χ0) is 42.6. The average molecular weight is 877 g/mol. The van der Waals surface area contributed by atoms with Gasteiger partial charge in [-0.3, -0.25) is 14.2 Å². The molecule has 1 aromatic carbocycles. The molecule has 5 atom stereocenters. The number of thiocarbonyl (C=S) groups is 1. The molecule has 22 nitrogen and oxygen atoms in total. The van der Waals surface area contributed by atoms with Crippen molar-refractivity contribution < 1.29 is 77.3 Å². The van der Waals surface area contributed by atoms with Crippen LogP contribution in [-0.2, 0) is 60.4 Å². The normalized spacial score (nSPS) is 20.8. The molecule has 0 bridgehead atoms. The number of amides is 2. The first kappa shape index (κ1) is 48.0. The van der Waals surface area contributed by atoms with E-state index in [-0.39, 0.29) is 44.6 Å². The fourth-order valence-corrected chi connectivity index (χ4v) is 6.36. The SMILES string of the molecule is O=C(CCOCCOCCOCCOCCn1cc(CCCCNC(=S)Nc2ccc(O[C@H]3O[C@H](CCP(=O)(O)O)[C@@H](O)[C@H](O)[C@@H]3O)cc2)nn1)ON1C(=O)CCC1=O. The Morgan fingerprint density at radius 2 is 1.51 bits per heavy atom. The van der Waals surface area contributed by atoms with Crippen molar-refractivity contribution in [2.75, 3.05) is 70.9 Å². The topological polar surface area (TPSA) is 292 Å². The molecule has 59 heavy (non-hydrogen) atoms. The third-order valence-electron chi connectivity index (χ3n) is 8.70. The molecule has 0 saturated carbocycles. The molecule has 24 heteroatoms. The summed E-state index contributed by atoms with van der Waals surface area (Å²) in [7, 11) is -4.36. The van der Waals surface area contributed by atoms with Gasteiger partial charge in [0.25, 0.3) is 11.8 Å². The van der Waals surface area contributed by atoms with E-state index in [1.54, 1.807) is 28.9 Å². The van der Waals surface area contributed by atoms with Crippen LogP contribution in [0.5, 0.6) is 5.75 Å². The van der Waals surface area contributed by atoms with E-state index in [0.29, 0.717) is 68.6 Å². The third-order valence-corrected chi connectivity index (χ3v) is 9.79. The minimum atomic E-state index is -4.36. The summed E-state index contributed by atoms with van der Waals surface area (Å²) in [6, 6.07) is 6.53. The van der Waals surface area contributed by atoms with Gasteiger partial charge in [-0.1, -0.05) is 5.21 Å². The van der Waals surface area contributed by atoms with Crippen LogP contribution >= 0.6 is 19.8 Å². The van der Waals surface area contributed by atoms with Gasteiger partial charge < -0.3 is 69.0 Å². The number of benzene rings is 1. The van der Waals surface area contributed by atoms with E-state index in [1.165, 1.54) is 0 Å². The van der Waals surface area contributed by atoms with E-state index in [9.17, 15) is 34.3 Å². The van der Waals surface area contributed by atoms with E-state index in [1.807, 2.05) is 6.20 Å². The monoisotopic (exact) mass is 876 g/mol. The number of hydrogen-bond acceptors (Lipinski definition) is 17. The molecule has 0 spiro atoms. The van der Waals surface area contributed by atoms with Crippen molar-refractivity contribution in [1.29, 1.82) is 0 Å². The zero-order valence-corrected chi connectivity index (χ0v) is 34.1. The van der Waals surface area contributed by atoms with E-state index in [2.05, 4.69) is 20.9 Å². The predicted octanol–water partition coefficient (Wildman–Crippen LogP) is -0.595. The second kappa shape index (κ2) is 25.2. The van der Waals surface area contributed by atoms with Gasteiger partial charge in [0.1, 0.15) is 24.1 Å². The Hall–Kier alpha value is -3.71. The van der Waals surface area contributed by atoms with Crippen molar-refractivity contribution in [2.24, 2.45) is 0 Å².